The van der Waals surface area contributed by atoms with E-state index in [9.17, 15) is 0 Å². The maximum Gasteiger partial charge on any atom is 2.00 e. The quantitative estimate of drug-likeness (QED) is 0.441. The first-order valence-electron chi connectivity index (χ1n) is 5.24. The predicted octanol–water partition coefficient (Wildman–Crippen LogP) is 0.437. The number of hydrogen-bond donors (Lipinski definition) is 0. The third kappa shape index (κ3) is 13.0. The maximum atomic E-state index is 3.44. The van der Waals surface area contributed by atoms with Gasteiger partial charge in [-0.2, -0.15) is 28.8 Å². The molecule has 0 saturated carbocycles. The standard InChI is InChI=1S/C10H15.C4H4P.4CH3.2ClH.Ti/c1-7-6-10(4,5)9(3)8(7)2;1-2-4-5-3-1;;;;;;;/h1-5H3;1-3,5H;4*1H3;2*1H;/q6*-1;;;+2/p-2. The van der Waals surface area contributed by atoms with Crippen LogP contribution in [-0.2, 0) is 21.7 Å². The van der Waals surface area contributed by atoms with E-state index in [0.29, 0.717) is 0 Å². The smallest absolute Gasteiger partial charge is 1.00 e. The molecule has 0 aliphatic heterocycles. The molecule has 1 atom stereocenters. The van der Waals surface area contributed by atoms with Gasteiger partial charge in [-0.3, -0.25) is 14.3 Å². The monoisotopic (exact) mass is 396 g/mol. The number of halogens is 2. The minimum absolute atomic E-state index is 0. The summed E-state index contributed by atoms with van der Waals surface area (Å²) in [6.45, 7) is 10.9. The van der Waals surface area contributed by atoms with Crippen LogP contribution < -0.4 is 24.8 Å². The summed E-state index contributed by atoms with van der Waals surface area (Å²) in [6.07, 6.45) is 3.44. The molecule has 132 valence electrons. The van der Waals surface area contributed by atoms with Gasteiger partial charge in [0.2, 0.25) is 0 Å². The maximum absolute atomic E-state index is 3.44. The minimum atomic E-state index is 0. The molecule has 1 aliphatic rings. The van der Waals surface area contributed by atoms with Crippen LogP contribution in [0.15, 0.2) is 34.7 Å². The van der Waals surface area contributed by atoms with Crippen LogP contribution in [0.4, 0.5) is 0 Å². The van der Waals surface area contributed by atoms with Crippen molar-refractivity contribution < 1.29 is 46.5 Å². The summed E-state index contributed by atoms with van der Waals surface area (Å²) in [6, 6.07) is 3.96. The zero-order chi connectivity index (χ0) is 11.5. The van der Waals surface area contributed by atoms with Crippen molar-refractivity contribution in [2.75, 3.05) is 0 Å². The first kappa shape index (κ1) is 43.3. The van der Waals surface area contributed by atoms with Crippen molar-refractivity contribution in [3.8, 4) is 0 Å². The Morgan fingerprint density at radius 3 is 1.50 bits per heavy atom. The van der Waals surface area contributed by atoms with E-state index in [2.05, 4.69) is 52.3 Å². The molecular formula is C18H31Cl2PTi-6. The van der Waals surface area contributed by atoms with Gasteiger partial charge in [0.15, 0.2) is 0 Å². The molecule has 22 heavy (non-hydrogen) atoms. The number of allylic oxidation sites excluding steroid dienone is 4. The van der Waals surface area contributed by atoms with Crippen LogP contribution in [0.1, 0.15) is 34.6 Å². The summed E-state index contributed by atoms with van der Waals surface area (Å²) in [4.78, 5) is 0. The molecule has 0 fully saturated rings. The molecule has 1 aromatic rings. The van der Waals surface area contributed by atoms with Gasteiger partial charge < -0.3 is 54.5 Å². The van der Waals surface area contributed by atoms with Gasteiger partial charge in [-0.05, 0) is 0 Å². The summed E-state index contributed by atoms with van der Waals surface area (Å²) < 4.78 is 0. The van der Waals surface area contributed by atoms with E-state index in [-0.39, 0.29) is 81.7 Å². The van der Waals surface area contributed by atoms with E-state index in [1.54, 1.807) is 0 Å². The van der Waals surface area contributed by atoms with E-state index in [0.717, 1.165) is 8.19 Å². The van der Waals surface area contributed by atoms with Crippen molar-refractivity contribution in [2.45, 2.75) is 34.6 Å². The van der Waals surface area contributed by atoms with Gasteiger partial charge in [0.1, 0.15) is 0 Å². The molecule has 0 saturated heterocycles. The molecular weight excluding hydrogens is 366 g/mol. The summed E-state index contributed by atoms with van der Waals surface area (Å²) in [5.41, 5.74) is 4.39. The Kier molecular flexibility index (Phi) is 38.6. The molecule has 2 rings (SSSR count). The van der Waals surface area contributed by atoms with Gasteiger partial charge in [0.25, 0.3) is 0 Å². The van der Waals surface area contributed by atoms with Crippen LogP contribution in [0.2, 0.25) is 0 Å². The third-order valence-corrected chi connectivity index (χ3v) is 3.70. The van der Waals surface area contributed by atoms with Gasteiger partial charge in [-0.1, -0.05) is 33.1 Å². The van der Waals surface area contributed by atoms with Crippen molar-refractivity contribution >= 4 is 8.19 Å². The Morgan fingerprint density at radius 2 is 1.41 bits per heavy atom. The fourth-order valence-electron chi connectivity index (χ4n) is 1.65. The molecule has 1 unspecified atom stereocenters. The van der Waals surface area contributed by atoms with Crippen LogP contribution in [0.25, 0.3) is 0 Å². The summed E-state index contributed by atoms with van der Waals surface area (Å²) in [5.74, 6) is 5.11. The van der Waals surface area contributed by atoms with E-state index in [4.69, 9.17) is 0 Å². The van der Waals surface area contributed by atoms with E-state index >= 15 is 0 Å². The fraction of sp³-hybridized carbons (Fsp3) is 0.333. The summed E-state index contributed by atoms with van der Waals surface area (Å²) in [7, 11) is 0.823. The molecule has 0 nitrogen and oxygen atoms in total. The van der Waals surface area contributed by atoms with Crippen LogP contribution >= 0.6 is 8.19 Å². The Balaban J connectivity index is -0.0000000338. The van der Waals surface area contributed by atoms with E-state index in [1.165, 1.54) is 16.7 Å². The van der Waals surface area contributed by atoms with Crippen molar-refractivity contribution in [1.29, 1.82) is 0 Å². The van der Waals surface area contributed by atoms with Crippen LogP contribution in [-0.4, -0.2) is 0 Å². The Labute approximate surface area is 170 Å². The second-order valence-electron chi connectivity index (χ2n) is 4.44. The second-order valence-corrected chi connectivity index (χ2v) is 5.35. The zero-order valence-electron chi connectivity index (χ0n) is 15.5. The van der Waals surface area contributed by atoms with Gasteiger partial charge in [-0.25, -0.2) is 11.6 Å². The van der Waals surface area contributed by atoms with E-state index in [1.807, 2.05) is 12.1 Å². The van der Waals surface area contributed by atoms with Gasteiger partial charge in [0, 0.05) is 0 Å². The van der Waals surface area contributed by atoms with E-state index < -0.39 is 0 Å². The molecule has 0 N–H and O–H groups in total. The van der Waals surface area contributed by atoms with Crippen LogP contribution in [0.3, 0.4) is 0 Å². The van der Waals surface area contributed by atoms with Crippen molar-refractivity contribution in [3.63, 3.8) is 0 Å². The minimum Gasteiger partial charge on any atom is -1.00 e. The number of rotatable bonds is 0. The molecule has 4 heteroatoms. The summed E-state index contributed by atoms with van der Waals surface area (Å²) >= 11 is 0. The average molecular weight is 397 g/mol. The van der Waals surface area contributed by atoms with Gasteiger partial charge in [-0.15, -0.1) is 6.92 Å². The Bertz CT molecular complexity index is 363. The molecule has 0 amide bonds. The molecule has 0 aromatic carbocycles. The molecule has 0 radical (unpaired) electrons. The third-order valence-electron chi connectivity index (χ3n) is 3.00. The molecule has 1 aliphatic carbocycles. The molecule has 1 aromatic heterocycles. The SMILES string of the molecule is CC1=[C-]C(C)(C)C(C)=C1C.[CH3-].[CH3-].[CH3-].[CH3-].[Cl-].[Cl-].[Ti+2].[c-]1ccc[pH]1. The fourth-order valence-corrected chi connectivity index (χ4v) is 2.13. The molecule has 1 heterocycles. The molecule has 0 spiro atoms. The van der Waals surface area contributed by atoms with Gasteiger partial charge in [0.05, 0.1) is 0 Å². The van der Waals surface area contributed by atoms with Crippen molar-refractivity contribution in [2.24, 2.45) is 5.41 Å². The Morgan fingerprint density at radius 1 is 0.955 bits per heavy atom. The number of hydrogen-bond acceptors (Lipinski definition) is 0. The van der Waals surface area contributed by atoms with Crippen molar-refractivity contribution in [1.82, 2.24) is 0 Å². The van der Waals surface area contributed by atoms with Crippen LogP contribution in [0, 0.1) is 47.0 Å². The first-order valence-corrected chi connectivity index (χ1v) is 6.32. The topological polar surface area (TPSA) is 0 Å². The van der Waals surface area contributed by atoms with Crippen LogP contribution in [0.5, 0.6) is 0 Å². The Hall–Kier alpha value is 0.554. The molecule has 0 bridgehead atoms. The second kappa shape index (κ2) is 19.6. The van der Waals surface area contributed by atoms with Crippen molar-refractivity contribution in [3.05, 3.63) is 76.2 Å². The zero-order valence-corrected chi connectivity index (χ0v) is 19.6. The average Bonchev–Trinajstić information content (AvgIpc) is 2.76. The first-order chi connectivity index (χ1) is 6.95. The normalized spacial score (nSPS) is 12.9. The summed E-state index contributed by atoms with van der Waals surface area (Å²) in [5, 5.41) is 0. The largest absolute Gasteiger partial charge is 2.00 e. The van der Waals surface area contributed by atoms with Gasteiger partial charge >= 0.3 is 21.7 Å². The predicted molar refractivity (Wildman–Crippen MR) is 95.0 cm³/mol.